The molecule has 1 aromatic carbocycles. The zero-order valence-corrected chi connectivity index (χ0v) is 7.26. The molecule has 0 bridgehead atoms. The summed E-state index contributed by atoms with van der Waals surface area (Å²) in [4.78, 5) is 0. The largest absolute Gasteiger partial charge is 0.507 e. The molecule has 64 valence electrons. The Kier molecular flexibility index (Phi) is 1.25. The van der Waals surface area contributed by atoms with Gasteiger partial charge >= 0.3 is 0 Å². The van der Waals surface area contributed by atoms with E-state index in [0.717, 1.165) is 22.3 Å². The van der Waals surface area contributed by atoms with Gasteiger partial charge in [-0.3, -0.25) is 9.15 Å². The lowest BCUT2D eigenvalue weighted by Crippen LogP contribution is -1.91. The van der Waals surface area contributed by atoms with Gasteiger partial charge in [-0.25, -0.2) is 0 Å². The molecule has 0 fully saturated rings. The number of hydrogen-bond donors (Lipinski definition) is 1. The first-order valence-corrected chi connectivity index (χ1v) is 3.80. The molecule has 0 spiro atoms. The van der Waals surface area contributed by atoms with E-state index in [2.05, 4.69) is 0 Å². The average Bonchev–Trinajstić information content (AvgIpc) is 1.97. The smallest absolute Gasteiger partial charge is 0.232 e. The molecule has 2 rings (SSSR count). The molecule has 0 saturated heterocycles. The van der Waals surface area contributed by atoms with Crippen LogP contribution in [0.25, 0.3) is 11.2 Å². The van der Waals surface area contributed by atoms with E-state index in [1.807, 2.05) is 20.8 Å². The molecule has 0 aliphatic heterocycles. The Morgan fingerprint density at radius 2 is 1.33 bits per heavy atom. The van der Waals surface area contributed by atoms with Crippen molar-refractivity contribution in [1.82, 2.24) is 0 Å². The summed E-state index contributed by atoms with van der Waals surface area (Å²) >= 11 is 0. The Labute approximate surface area is 69.5 Å². The van der Waals surface area contributed by atoms with Crippen molar-refractivity contribution >= 4 is 11.2 Å². The molecule has 0 saturated carbocycles. The molecule has 0 atom stereocenters. The molecule has 2 aromatic rings. The zero-order valence-electron chi connectivity index (χ0n) is 7.26. The summed E-state index contributed by atoms with van der Waals surface area (Å²) in [5.74, 6) is 0.301. The standard InChI is InChI=1S/C9H10O3/c1-4-5(2)8-9(12-11-8)6(3)7(4)10/h10H,1-3H3. The summed E-state index contributed by atoms with van der Waals surface area (Å²) in [7, 11) is 0. The number of phenolic OH excluding ortho intramolecular Hbond substituents is 1. The number of hydrogen-bond acceptors (Lipinski definition) is 3. The summed E-state index contributed by atoms with van der Waals surface area (Å²) in [6.45, 7) is 5.57. The van der Waals surface area contributed by atoms with Crippen molar-refractivity contribution in [3.05, 3.63) is 16.7 Å². The van der Waals surface area contributed by atoms with E-state index in [1.54, 1.807) is 0 Å². The molecule has 0 amide bonds. The van der Waals surface area contributed by atoms with Crippen LogP contribution in [0.15, 0.2) is 9.15 Å². The number of benzene rings is 1. The first-order valence-electron chi connectivity index (χ1n) is 3.80. The van der Waals surface area contributed by atoms with E-state index in [9.17, 15) is 5.11 Å². The Morgan fingerprint density at radius 3 is 1.83 bits per heavy atom. The number of fused-ring (bicyclic) bond motifs is 1. The van der Waals surface area contributed by atoms with Crippen LogP contribution in [0.3, 0.4) is 0 Å². The van der Waals surface area contributed by atoms with Gasteiger partial charge < -0.3 is 5.11 Å². The van der Waals surface area contributed by atoms with Crippen LogP contribution in [0.4, 0.5) is 0 Å². The Balaban J connectivity index is 2.92. The highest BCUT2D eigenvalue weighted by Gasteiger charge is 2.18. The lowest BCUT2D eigenvalue weighted by molar-refractivity contribution is 0.0573. The fraction of sp³-hybridized carbons (Fsp3) is 0.333. The van der Waals surface area contributed by atoms with E-state index < -0.39 is 0 Å². The maximum atomic E-state index is 9.59. The van der Waals surface area contributed by atoms with Gasteiger partial charge in [-0.15, -0.1) is 0 Å². The lowest BCUT2D eigenvalue weighted by atomic mass is 10.0. The molecule has 1 aromatic heterocycles. The SMILES string of the molecule is Cc1c(O)c(C)c2ooc2c1C. The van der Waals surface area contributed by atoms with E-state index >= 15 is 0 Å². The zero-order chi connectivity index (χ0) is 8.88. The van der Waals surface area contributed by atoms with E-state index in [0.29, 0.717) is 11.3 Å². The van der Waals surface area contributed by atoms with E-state index in [4.69, 9.17) is 9.15 Å². The monoisotopic (exact) mass is 166 g/mol. The minimum atomic E-state index is 0.301. The molecular weight excluding hydrogens is 156 g/mol. The van der Waals surface area contributed by atoms with E-state index in [-0.39, 0.29) is 0 Å². The van der Waals surface area contributed by atoms with Gasteiger partial charge in [0.15, 0.2) is 0 Å². The predicted octanol–water partition coefficient (Wildman–Crippen LogP) is 2.66. The third-order valence-corrected chi connectivity index (χ3v) is 2.37. The Morgan fingerprint density at radius 1 is 0.833 bits per heavy atom. The number of phenols is 1. The minimum Gasteiger partial charge on any atom is -0.507 e. The molecule has 0 unspecified atom stereocenters. The first kappa shape index (κ1) is 7.28. The summed E-state index contributed by atoms with van der Waals surface area (Å²) in [6, 6.07) is 0. The van der Waals surface area contributed by atoms with Crippen LogP contribution < -0.4 is 0 Å². The van der Waals surface area contributed by atoms with Gasteiger partial charge in [0.1, 0.15) is 5.75 Å². The molecule has 1 heterocycles. The van der Waals surface area contributed by atoms with Crippen molar-refractivity contribution in [2.45, 2.75) is 20.8 Å². The van der Waals surface area contributed by atoms with Crippen LogP contribution in [-0.2, 0) is 0 Å². The fourth-order valence-electron chi connectivity index (χ4n) is 1.33. The maximum Gasteiger partial charge on any atom is 0.232 e. The molecule has 1 N–H and O–H groups in total. The third-order valence-electron chi connectivity index (χ3n) is 2.37. The normalized spacial score (nSPS) is 11.2. The van der Waals surface area contributed by atoms with Gasteiger partial charge in [0, 0.05) is 11.1 Å². The molecule has 3 nitrogen and oxygen atoms in total. The van der Waals surface area contributed by atoms with Gasteiger partial charge in [0.2, 0.25) is 11.2 Å². The third kappa shape index (κ3) is 0.656. The second-order valence-corrected chi connectivity index (χ2v) is 3.05. The number of rotatable bonds is 0. The van der Waals surface area contributed by atoms with Gasteiger partial charge in [-0.1, -0.05) is 0 Å². The molecule has 3 heteroatoms. The molecule has 0 aliphatic carbocycles. The molecule has 0 aliphatic rings. The van der Waals surface area contributed by atoms with Crippen LogP contribution in [0.1, 0.15) is 16.7 Å². The van der Waals surface area contributed by atoms with Crippen molar-refractivity contribution in [2.75, 3.05) is 0 Å². The Bertz CT molecular complexity index is 393. The van der Waals surface area contributed by atoms with E-state index in [1.165, 1.54) is 0 Å². The van der Waals surface area contributed by atoms with Gasteiger partial charge in [0.05, 0.1) is 0 Å². The van der Waals surface area contributed by atoms with Crippen LogP contribution in [0.2, 0.25) is 0 Å². The molecule has 12 heavy (non-hydrogen) atoms. The van der Waals surface area contributed by atoms with Crippen molar-refractivity contribution in [2.24, 2.45) is 0 Å². The van der Waals surface area contributed by atoms with Gasteiger partial charge in [-0.2, -0.15) is 0 Å². The molecule has 0 radical (unpaired) electrons. The van der Waals surface area contributed by atoms with Crippen LogP contribution >= 0.6 is 0 Å². The highest BCUT2D eigenvalue weighted by Crippen LogP contribution is 2.35. The number of aryl methyl sites for hydroxylation is 2. The quantitative estimate of drug-likeness (QED) is 0.612. The maximum absolute atomic E-state index is 9.59. The van der Waals surface area contributed by atoms with Crippen molar-refractivity contribution in [3.8, 4) is 5.75 Å². The molecular formula is C9H10O3. The predicted molar refractivity (Wildman–Crippen MR) is 44.4 cm³/mol. The summed E-state index contributed by atoms with van der Waals surface area (Å²) in [5.41, 5.74) is 3.96. The highest BCUT2D eigenvalue weighted by molar-refractivity contribution is 5.82. The van der Waals surface area contributed by atoms with Crippen molar-refractivity contribution in [3.63, 3.8) is 0 Å². The summed E-state index contributed by atoms with van der Waals surface area (Å²) < 4.78 is 9.58. The average molecular weight is 166 g/mol. The summed E-state index contributed by atoms with van der Waals surface area (Å²) in [6.07, 6.45) is 0. The topological polar surface area (TPSA) is 46.5 Å². The summed E-state index contributed by atoms with van der Waals surface area (Å²) in [5, 5.41) is 9.59. The minimum absolute atomic E-state index is 0.301. The second-order valence-electron chi connectivity index (χ2n) is 3.05. The fourth-order valence-corrected chi connectivity index (χ4v) is 1.33. The van der Waals surface area contributed by atoms with Gasteiger partial charge in [0.25, 0.3) is 0 Å². The van der Waals surface area contributed by atoms with Crippen molar-refractivity contribution in [1.29, 1.82) is 0 Å². The first-order chi connectivity index (χ1) is 5.63. The second kappa shape index (κ2) is 2.06. The lowest BCUT2D eigenvalue weighted by Gasteiger charge is -2.10. The van der Waals surface area contributed by atoms with Crippen LogP contribution in [0.5, 0.6) is 5.75 Å². The Hall–Kier alpha value is -1.38. The van der Waals surface area contributed by atoms with Crippen LogP contribution in [0, 0.1) is 20.8 Å². The number of aromatic hydroxyl groups is 1. The van der Waals surface area contributed by atoms with Gasteiger partial charge in [-0.05, 0) is 26.3 Å². The van der Waals surface area contributed by atoms with Crippen molar-refractivity contribution < 1.29 is 14.3 Å². The van der Waals surface area contributed by atoms with Crippen LogP contribution in [-0.4, -0.2) is 5.11 Å². The highest BCUT2D eigenvalue weighted by atomic mass is 17.0.